The molecule has 0 atom stereocenters. The largest absolute Gasteiger partial charge is 0.278 e. The third-order valence-electron chi connectivity index (χ3n) is 2.96. The predicted octanol–water partition coefficient (Wildman–Crippen LogP) is 2.72. The molecule has 0 aliphatic heterocycles. The van der Waals surface area contributed by atoms with Gasteiger partial charge in [0.25, 0.3) is 5.91 Å². The number of rotatable bonds is 2. The monoisotopic (exact) mass is 289 g/mol. The Morgan fingerprint density at radius 1 is 0.955 bits per heavy atom. The zero-order chi connectivity index (χ0) is 15.8. The molecule has 0 saturated heterocycles. The van der Waals surface area contributed by atoms with Gasteiger partial charge in [-0.2, -0.15) is 0 Å². The van der Waals surface area contributed by atoms with Gasteiger partial charge >= 0.3 is 0 Å². The van der Waals surface area contributed by atoms with Crippen LogP contribution in [0.3, 0.4) is 0 Å². The second-order valence-electron chi connectivity index (χ2n) is 4.40. The van der Waals surface area contributed by atoms with Crippen molar-refractivity contribution < 1.29 is 9.63 Å². The highest BCUT2D eigenvalue weighted by molar-refractivity contribution is 5.96. The number of hydrogen-bond donors (Lipinski definition) is 0. The predicted molar refractivity (Wildman–Crippen MR) is 85.7 cm³/mol. The van der Waals surface area contributed by atoms with Gasteiger partial charge in [-0.25, -0.2) is 5.06 Å². The van der Waals surface area contributed by atoms with Gasteiger partial charge in [0, 0.05) is 18.2 Å². The fraction of sp³-hybridized carbons (Fsp3) is 0.105. The maximum absolute atomic E-state index is 12.1. The molecule has 1 amide bonds. The molecule has 2 rings (SSSR count). The Morgan fingerprint density at radius 3 is 2.32 bits per heavy atom. The lowest BCUT2D eigenvalue weighted by atomic mass is 10.1. The quantitative estimate of drug-likeness (QED) is 0.628. The molecule has 2 aromatic carbocycles. The van der Waals surface area contributed by atoms with E-state index in [0.717, 1.165) is 10.6 Å². The number of carbonyl (C=O) groups excluding carboxylic acids is 1. The van der Waals surface area contributed by atoms with Crippen molar-refractivity contribution in [2.45, 2.75) is 0 Å². The fourth-order valence-electron chi connectivity index (χ4n) is 1.75. The SMILES string of the molecule is CON(C)C(=O)c1ccccc1C#CC#Cc1ccccc1. The van der Waals surface area contributed by atoms with Crippen molar-refractivity contribution in [2.75, 3.05) is 14.2 Å². The van der Waals surface area contributed by atoms with Crippen LogP contribution < -0.4 is 0 Å². The van der Waals surface area contributed by atoms with Gasteiger partial charge in [-0.15, -0.1) is 0 Å². The van der Waals surface area contributed by atoms with Crippen LogP contribution in [0.25, 0.3) is 0 Å². The van der Waals surface area contributed by atoms with Crippen LogP contribution in [0.1, 0.15) is 21.5 Å². The molecule has 0 unspecified atom stereocenters. The highest BCUT2D eigenvalue weighted by Gasteiger charge is 2.13. The normalized spacial score (nSPS) is 9.00. The Labute approximate surface area is 130 Å². The van der Waals surface area contributed by atoms with Crippen molar-refractivity contribution in [3.8, 4) is 23.7 Å². The van der Waals surface area contributed by atoms with E-state index in [1.807, 2.05) is 36.4 Å². The van der Waals surface area contributed by atoms with E-state index in [1.165, 1.54) is 7.11 Å². The minimum Gasteiger partial charge on any atom is -0.274 e. The summed E-state index contributed by atoms with van der Waals surface area (Å²) in [7, 11) is 3.00. The molecule has 0 saturated carbocycles. The molecule has 22 heavy (non-hydrogen) atoms. The van der Waals surface area contributed by atoms with Gasteiger partial charge in [0.1, 0.15) is 0 Å². The lowest BCUT2D eigenvalue weighted by molar-refractivity contribution is -0.0757. The lowest BCUT2D eigenvalue weighted by Gasteiger charge is -2.14. The Bertz CT molecular complexity index is 774. The summed E-state index contributed by atoms with van der Waals surface area (Å²) in [4.78, 5) is 17.1. The summed E-state index contributed by atoms with van der Waals surface area (Å²) in [6, 6.07) is 16.7. The van der Waals surface area contributed by atoms with Crippen molar-refractivity contribution in [3.63, 3.8) is 0 Å². The van der Waals surface area contributed by atoms with E-state index in [1.54, 1.807) is 25.2 Å². The molecule has 0 fully saturated rings. The zero-order valence-electron chi connectivity index (χ0n) is 12.5. The number of carbonyl (C=O) groups is 1. The second-order valence-corrected chi connectivity index (χ2v) is 4.40. The minimum atomic E-state index is -0.247. The average Bonchev–Trinajstić information content (AvgIpc) is 2.58. The van der Waals surface area contributed by atoms with Gasteiger partial charge in [-0.05, 0) is 36.1 Å². The molecular weight excluding hydrogens is 274 g/mol. The van der Waals surface area contributed by atoms with E-state index >= 15 is 0 Å². The molecule has 0 aliphatic carbocycles. The van der Waals surface area contributed by atoms with Crippen molar-refractivity contribution in [2.24, 2.45) is 0 Å². The van der Waals surface area contributed by atoms with Gasteiger partial charge < -0.3 is 0 Å². The van der Waals surface area contributed by atoms with Crippen LogP contribution in [0.15, 0.2) is 54.6 Å². The van der Waals surface area contributed by atoms with Crippen LogP contribution in [0.5, 0.6) is 0 Å². The van der Waals surface area contributed by atoms with E-state index in [4.69, 9.17) is 4.84 Å². The first kappa shape index (κ1) is 15.4. The molecule has 0 heterocycles. The summed E-state index contributed by atoms with van der Waals surface area (Å²) < 4.78 is 0. The van der Waals surface area contributed by atoms with Gasteiger partial charge in [0.2, 0.25) is 0 Å². The van der Waals surface area contributed by atoms with E-state index < -0.39 is 0 Å². The summed E-state index contributed by atoms with van der Waals surface area (Å²) in [6.07, 6.45) is 0. The van der Waals surface area contributed by atoms with Crippen molar-refractivity contribution in [1.29, 1.82) is 0 Å². The molecule has 0 bridgehead atoms. The van der Waals surface area contributed by atoms with E-state index in [9.17, 15) is 4.79 Å². The molecule has 3 heteroatoms. The summed E-state index contributed by atoms with van der Waals surface area (Å²) in [5, 5.41) is 1.16. The molecule has 0 radical (unpaired) electrons. The molecule has 0 aromatic heterocycles. The number of amides is 1. The first-order valence-electron chi connectivity index (χ1n) is 6.70. The van der Waals surface area contributed by atoms with Crippen LogP contribution >= 0.6 is 0 Å². The summed E-state index contributed by atoms with van der Waals surface area (Å²) >= 11 is 0. The van der Waals surface area contributed by atoms with Crippen LogP contribution in [0.4, 0.5) is 0 Å². The Balaban J connectivity index is 2.23. The van der Waals surface area contributed by atoms with Gasteiger partial charge in [-0.1, -0.05) is 42.2 Å². The second kappa shape index (κ2) is 7.69. The van der Waals surface area contributed by atoms with Crippen molar-refractivity contribution >= 4 is 5.91 Å². The highest BCUT2D eigenvalue weighted by atomic mass is 16.7. The molecule has 0 spiro atoms. The van der Waals surface area contributed by atoms with Gasteiger partial charge in [0.05, 0.1) is 12.7 Å². The Hall–Kier alpha value is -3.01. The van der Waals surface area contributed by atoms with Gasteiger partial charge in [-0.3, -0.25) is 9.63 Å². The van der Waals surface area contributed by atoms with Crippen LogP contribution in [0.2, 0.25) is 0 Å². The summed E-state index contributed by atoms with van der Waals surface area (Å²) in [6.45, 7) is 0. The fourth-order valence-corrected chi connectivity index (χ4v) is 1.75. The third kappa shape index (κ3) is 3.99. The van der Waals surface area contributed by atoms with E-state index in [0.29, 0.717) is 11.1 Å². The zero-order valence-corrected chi connectivity index (χ0v) is 12.5. The van der Waals surface area contributed by atoms with E-state index in [-0.39, 0.29) is 5.91 Å². The molecule has 108 valence electrons. The molecular formula is C19H15NO2. The molecule has 2 aromatic rings. The standard InChI is InChI=1S/C19H15NO2/c1-20(22-2)19(21)18-15-9-8-14-17(18)13-7-6-12-16-10-4-3-5-11-16/h3-5,8-11,14-15H,1-2H3. The lowest BCUT2D eigenvalue weighted by Crippen LogP contribution is -2.26. The maximum Gasteiger partial charge on any atom is 0.278 e. The molecule has 3 nitrogen and oxygen atoms in total. The molecule has 0 aliphatic rings. The number of benzene rings is 2. The number of hydrogen-bond acceptors (Lipinski definition) is 2. The summed E-state index contributed by atoms with van der Waals surface area (Å²) in [5.74, 6) is 11.2. The molecule has 0 N–H and O–H groups in total. The van der Waals surface area contributed by atoms with Crippen LogP contribution in [-0.2, 0) is 4.84 Å². The number of hydroxylamine groups is 2. The van der Waals surface area contributed by atoms with Gasteiger partial charge in [0.15, 0.2) is 0 Å². The average molecular weight is 289 g/mol. The van der Waals surface area contributed by atoms with E-state index in [2.05, 4.69) is 23.7 Å². The van der Waals surface area contributed by atoms with Crippen molar-refractivity contribution in [3.05, 3.63) is 71.3 Å². The maximum atomic E-state index is 12.1. The van der Waals surface area contributed by atoms with Crippen LogP contribution in [0, 0.1) is 23.7 Å². The van der Waals surface area contributed by atoms with Crippen molar-refractivity contribution in [1.82, 2.24) is 5.06 Å². The summed E-state index contributed by atoms with van der Waals surface area (Å²) in [5.41, 5.74) is 2.01. The van der Waals surface area contributed by atoms with Crippen LogP contribution in [-0.4, -0.2) is 25.1 Å². The third-order valence-corrected chi connectivity index (χ3v) is 2.96. The topological polar surface area (TPSA) is 29.5 Å². The first-order chi connectivity index (χ1) is 10.7. The first-order valence-corrected chi connectivity index (χ1v) is 6.70. The smallest absolute Gasteiger partial charge is 0.274 e. The Morgan fingerprint density at radius 2 is 1.59 bits per heavy atom. The highest BCUT2D eigenvalue weighted by Crippen LogP contribution is 2.10. The number of nitrogens with zero attached hydrogens (tertiary/aromatic N) is 1. The Kier molecular flexibility index (Phi) is 5.37. The minimum absolute atomic E-state index is 0.247.